The summed E-state index contributed by atoms with van der Waals surface area (Å²) in [5, 5.41) is 21.0. The number of carbonyl (C=O) groups excluding carboxylic acids is 1. The van der Waals surface area contributed by atoms with Gasteiger partial charge in [-0.3, -0.25) is 9.59 Å². The fourth-order valence-electron chi connectivity index (χ4n) is 1.43. The number of carbonyl (C=O) groups is 2. The van der Waals surface area contributed by atoms with E-state index in [9.17, 15) is 14.7 Å². The van der Waals surface area contributed by atoms with Gasteiger partial charge in [0.1, 0.15) is 0 Å². The Morgan fingerprint density at radius 2 is 2.11 bits per heavy atom. The van der Waals surface area contributed by atoms with Crippen molar-refractivity contribution in [3.05, 3.63) is 31.8 Å². The molecule has 1 rings (SSSR count). The van der Waals surface area contributed by atoms with Crippen molar-refractivity contribution in [1.29, 1.82) is 0 Å². The molecule has 0 bridgehead atoms. The summed E-state index contributed by atoms with van der Waals surface area (Å²) in [7, 11) is 0. The van der Waals surface area contributed by atoms with Crippen LogP contribution in [0.3, 0.4) is 0 Å². The Hall–Kier alpha value is -0.670. The number of rotatable bonds is 5. The zero-order valence-corrected chi connectivity index (χ0v) is 13.9. The molecule has 7 heteroatoms. The molecular formula is C12H13BrINO4. The quantitative estimate of drug-likeness (QED) is 0.610. The van der Waals surface area contributed by atoms with Crippen LogP contribution in [0.25, 0.3) is 0 Å². The highest BCUT2D eigenvalue weighted by Crippen LogP contribution is 2.19. The molecule has 0 saturated carbocycles. The maximum atomic E-state index is 11.9. The number of carboxylic acids is 1. The molecule has 1 unspecified atom stereocenters. The van der Waals surface area contributed by atoms with Crippen molar-refractivity contribution >= 4 is 50.4 Å². The summed E-state index contributed by atoms with van der Waals surface area (Å²) in [5.74, 6) is -1.48. The number of carboxylic acid groups (broad SMARTS) is 1. The second kappa shape index (κ2) is 6.67. The number of aliphatic carboxylic acids is 1. The first kappa shape index (κ1) is 16.4. The van der Waals surface area contributed by atoms with Crippen LogP contribution in [0.15, 0.2) is 22.7 Å². The SMILES string of the molecule is CC(O)(CNC(=O)c1cc(I)ccc1Br)CC(=O)O. The van der Waals surface area contributed by atoms with Crippen LogP contribution in [0.4, 0.5) is 0 Å². The minimum Gasteiger partial charge on any atom is -0.481 e. The lowest BCUT2D eigenvalue weighted by Crippen LogP contribution is -2.42. The summed E-state index contributed by atoms with van der Waals surface area (Å²) >= 11 is 5.36. The minimum atomic E-state index is -1.48. The van der Waals surface area contributed by atoms with E-state index in [0.717, 1.165) is 3.57 Å². The molecule has 0 spiro atoms. The molecule has 0 aliphatic heterocycles. The van der Waals surface area contributed by atoms with Gasteiger partial charge in [-0.25, -0.2) is 0 Å². The van der Waals surface area contributed by atoms with Crippen molar-refractivity contribution in [1.82, 2.24) is 5.32 Å². The van der Waals surface area contributed by atoms with Crippen LogP contribution in [0.5, 0.6) is 0 Å². The van der Waals surface area contributed by atoms with Gasteiger partial charge in [-0.1, -0.05) is 0 Å². The summed E-state index contributed by atoms with van der Waals surface area (Å²) in [4.78, 5) is 22.5. The second-order valence-electron chi connectivity index (χ2n) is 4.37. The average Bonchev–Trinajstić information content (AvgIpc) is 2.27. The van der Waals surface area contributed by atoms with Gasteiger partial charge >= 0.3 is 5.97 Å². The van der Waals surface area contributed by atoms with Crippen molar-refractivity contribution in [2.45, 2.75) is 18.9 Å². The molecule has 104 valence electrons. The average molecular weight is 442 g/mol. The predicted octanol–water partition coefficient (Wildman–Crippen LogP) is 2.01. The van der Waals surface area contributed by atoms with Crippen molar-refractivity contribution in [2.75, 3.05) is 6.54 Å². The molecule has 19 heavy (non-hydrogen) atoms. The maximum Gasteiger partial charge on any atom is 0.306 e. The smallest absolute Gasteiger partial charge is 0.306 e. The topological polar surface area (TPSA) is 86.6 Å². The number of benzene rings is 1. The Labute approximate surface area is 132 Å². The molecule has 0 aromatic heterocycles. The zero-order valence-electron chi connectivity index (χ0n) is 10.1. The van der Waals surface area contributed by atoms with Crippen LogP contribution in [-0.2, 0) is 4.79 Å². The Kier molecular flexibility index (Phi) is 5.75. The summed E-state index contributed by atoms with van der Waals surface area (Å²) in [5.41, 5.74) is -1.03. The van der Waals surface area contributed by atoms with E-state index in [-0.39, 0.29) is 12.5 Å². The third kappa shape index (κ3) is 5.45. The fourth-order valence-corrected chi connectivity index (χ4v) is 2.34. The normalized spacial score (nSPS) is 13.7. The summed E-state index contributed by atoms with van der Waals surface area (Å²) in [6.07, 6.45) is -0.430. The Balaban J connectivity index is 2.70. The van der Waals surface area contributed by atoms with Gasteiger partial charge in [0.2, 0.25) is 0 Å². The highest BCUT2D eigenvalue weighted by Gasteiger charge is 2.25. The largest absolute Gasteiger partial charge is 0.481 e. The Morgan fingerprint density at radius 3 is 2.68 bits per heavy atom. The van der Waals surface area contributed by atoms with Crippen molar-refractivity contribution in [3.63, 3.8) is 0 Å². The molecule has 3 N–H and O–H groups in total. The molecule has 0 heterocycles. The maximum absolute atomic E-state index is 11.9. The molecule has 1 amide bonds. The Morgan fingerprint density at radius 1 is 1.47 bits per heavy atom. The lowest BCUT2D eigenvalue weighted by molar-refractivity contribution is -0.141. The first-order chi connectivity index (χ1) is 8.71. The second-order valence-corrected chi connectivity index (χ2v) is 6.47. The van der Waals surface area contributed by atoms with Crippen LogP contribution < -0.4 is 5.32 Å². The first-order valence-corrected chi connectivity index (χ1v) is 7.26. The van der Waals surface area contributed by atoms with E-state index in [1.807, 2.05) is 6.07 Å². The molecule has 0 aliphatic carbocycles. The summed E-state index contributed by atoms with van der Waals surface area (Å²) in [6, 6.07) is 5.31. The lowest BCUT2D eigenvalue weighted by atomic mass is 10.0. The van der Waals surface area contributed by atoms with Crippen molar-refractivity contribution < 1.29 is 19.8 Å². The van der Waals surface area contributed by atoms with Crippen molar-refractivity contribution in [3.8, 4) is 0 Å². The first-order valence-electron chi connectivity index (χ1n) is 5.39. The molecule has 5 nitrogen and oxygen atoms in total. The van der Waals surface area contributed by atoms with E-state index in [4.69, 9.17) is 5.11 Å². The monoisotopic (exact) mass is 441 g/mol. The highest BCUT2D eigenvalue weighted by atomic mass is 127. The summed E-state index contributed by atoms with van der Waals surface area (Å²) in [6.45, 7) is 1.24. The van der Waals surface area contributed by atoms with E-state index in [0.29, 0.717) is 10.0 Å². The molecule has 0 saturated heterocycles. The van der Waals surface area contributed by atoms with Gasteiger partial charge in [0.05, 0.1) is 17.6 Å². The van der Waals surface area contributed by atoms with Crippen LogP contribution in [0, 0.1) is 3.57 Å². The van der Waals surface area contributed by atoms with Gasteiger partial charge in [0, 0.05) is 14.6 Å². The summed E-state index contributed by atoms with van der Waals surface area (Å²) < 4.78 is 1.55. The van der Waals surface area contributed by atoms with Crippen LogP contribution in [0.1, 0.15) is 23.7 Å². The van der Waals surface area contributed by atoms with Crippen molar-refractivity contribution in [2.24, 2.45) is 0 Å². The molecule has 0 fully saturated rings. The highest BCUT2D eigenvalue weighted by molar-refractivity contribution is 14.1. The molecule has 0 aliphatic rings. The lowest BCUT2D eigenvalue weighted by Gasteiger charge is -2.21. The number of aliphatic hydroxyl groups is 1. The van der Waals surface area contributed by atoms with E-state index in [1.165, 1.54) is 6.92 Å². The number of hydrogen-bond donors (Lipinski definition) is 3. The number of amides is 1. The van der Waals surface area contributed by atoms with Gasteiger partial charge < -0.3 is 15.5 Å². The number of halogens is 2. The van der Waals surface area contributed by atoms with Crippen LogP contribution in [0.2, 0.25) is 0 Å². The molecule has 0 radical (unpaired) electrons. The van der Waals surface area contributed by atoms with E-state index in [1.54, 1.807) is 12.1 Å². The zero-order chi connectivity index (χ0) is 14.6. The van der Waals surface area contributed by atoms with E-state index < -0.39 is 18.0 Å². The standard InChI is InChI=1S/C12H13BrINO4/c1-12(19,5-10(16)17)6-15-11(18)8-4-7(14)2-3-9(8)13/h2-4,19H,5-6H2,1H3,(H,15,18)(H,16,17). The predicted molar refractivity (Wildman–Crippen MR) is 82.1 cm³/mol. The number of nitrogens with one attached hydrogen (secondary N) is 1. The van der Waals surface area contributed by atoms with Gasteiger partial charge in [-0.15, -0.1) is 0 Å². The third-order valence-electron chi connectivity index (χ3n) is 2.33. The molecule has 1 atom stereocenters. The van der Waals surface area contributed by atoms with Gasteiger partial charge in [0.25, 0.3) is 5.91 Å². The fraction of sp³-hybridized carbons (Fsp3) is 0.333. The van der Waals surface area contributed by atoms with Gasteiger partial charge in [-0.05, 0) is 63.6 Å². The molecule has 1 aromatic rings. The van der Waals surface area contributed by atoms with E-state index in [2.05, 4.69) is 43.8 Å². The molecule has 1 aromatic carbocycles. The van der Waals surface area contributed by atoms with Crippen LogP contribution in [-0.4, -0.2) is 34.2 Å². The van der Waals surface area contributed by atoms with Crippen LogP contribution >= 0.6 is 38.5 Å². The third-order valence-corrected chi connectivity index (χ3v) is 3.70. The number of hydrogen-bond acceptors (Lipinski definition) is 3. The van der Waals surface area contributed by atoms with Gasteiger partial charge in [-0.2, -0.15) is 0 Å². The Bertz CT molecular complexity index is 505. The minimum absolute atomic E-state index is 0.129. The molecular weight excluding hydrogens is 429 g/mol. The van der Waals surface area contributed by atoms with Gasteiger partial charge in [0.15, 0.2) is 0 Å². The van der Waals surface area contributed by atoms with E-state index >= 15 is 0 Å².